The highest BCUT2D eigenvalue weighted by Crippen LogP contribution is 2.16. The molecule has 13 heavy (non-hydrogen) atoms. The van der Waals surface area contributed by atoms with Gasteiger partial charge in [-0.1, -0.05) is 20.8 Å². The summed E-state index contributed by atoms with van der Waals surface area (Å²) in [5, 5.41) is 3.92. The van der Waals surface area contributed by atoms with E-state index in [-0.39, 0.29) is 11.2 Å². The number of aryl methyl sites for hydroxylation is 1. The van der Waals surface area contributed by atoms with Gasteiger partial charge in [0.15, 0.2) is 0 Å². The molecule has 0 fully saturated rings. The number of rotatable bonds is 3. The van der Waals surface area contributed by atoms with Crippen LogP contribution in [0.5, 0.6) is 0 Å². The van der Waals surface area contributed by atoms with Crippen molar-refractivity contribution < 1.29 is 4.79 Å². The summed E-state index contributed by atoms with van der Waals surface area (Å²) in [4.78, 5) is 15.3. The zero-order valence-corrected chi connectivity index (χ0v) is 8.32. The van der Waals surface area contributed by atoms with Gasteiger partial charge in [-0.05, 0) is 0 Å². The fourth-order valence-corrected chi connectivity index (χ4v) is 0.939. The number of Topliss-reactive ketones (excluding diaryl/α,β-unsaturated/α-hetero) is 1. The van der Waals surface area contributed by atoms with Crippen LogP contribution in [0.1, 0.15) is 27.2 Å². The molecule has 0 unspecified atom stereocenters. The Hall–Kier alpha value is -1.19. The molecule has 4 heteroatoms. The van der Waals surface area contributed by atoms with E-state index in [2.05, 4.69) is 10.1 Å². The largest absolute Gasteiger partial charge is 0.299 e. The van der Waals surface area contributed by atoms with Crippen molar-refractivity contribution in [3.63, 3.8) is 0 Å². The second-order valence-electron chi connectivity index (χ2n) is 4.08. The Morgan fingerprint density at radius 3 is 2.62 bits per heavy atom. The van der Waals surface area contributed by atoms with E-state index < -0.39 is 0 Å². The molecule has 0 aliphatic heterocycles. The Labute approximate surface area is 78.0 Å². The van der Waals surface area contributed by atoms with Crippen LogP contribution in [0.2, 0.25) is 0 Å². The van der Waals surface area contributed by atoms with Gasteiger partial charge in [-0.3, -0.25) is 9.48 Å². The highest BCUT2D eigenvalue weighted by Gasteiger charge is 2.20. The van der Waals surface area contributed by atoms with Gasteiger partial charge >= 0.3 is 0 Å². The summed E-state index contributed by atoms with van der Waals surface area (Å²) >= 11 is 0. The predicted octanol–water partition coefficient (Wildman–Crippen LogP) is 1.28. The van der Waals surface area contributed by atoms with Crippen LogP contribution in [0, 0.1) is 5.41 Å². The summed E-state index contributed by atoms with van der Waals surface area (Å²) < 4.78 is 1.67. The van der Waals surface area contributed by atoms with Gasteiger partial charge in [0.25, 0.3) is 0 Å². The fourth-order valence-electron chi connectivity index (χ4n) is 0.939. The van der Waals surface area contributed by atoms with Crippen LogP contribution >= 0.6 is 0 Å². The topological polar surface area (TPSA) is 47.8 Å². The summed E-state index contributed by atoms with van der Waals surface area (Å²) in [5.74, 6) is 0.253. The normalized spacial score (nSPS) is 11.6. The van der Waals surface area contributed by atoms with Crippen molar-refractivity contribution in [1.82, 2.24) is 14.8 Å². The molecule has 0 saturated heterocycles. The van der Waals surface area contributed by atoms with E-state index in [1.54, 1.807) is 11.0 Å². The highest BCUT2D eigenvalue weighted by atomic mass is 16.1. The third kappa shape index (κ3) is 2.97. The predicted molar refractivity (Wildman–Crippen MR) is 49.1 cm³/mol. The van der Waals surface area contributed by atoms with Gasteiger partial charge in [0.05, 0.1) is 0 Å². The van der Waals surface area contributed by atoms with Crippen molar-refractivity contribution in [2.24, 2.45) is 5.41 Å². The van der Waals surface area contributed by atoms with Crippen molar-refractivity contribution in [2.75, 3.05) is 0 Å². The van der Waals surface area contributed by atoms with Crippen molar-refractivity contribution in [3.05, 3.63) is 12.7 Å². The molecule has 0 atom stereocenters. The Morgan fingerprint density at radius 2 is 2.15 bits per heavy atom. The quantitative estimate of drug-likeness (QED) is 0.705. The van der Waals surface area contributed by atoms with Crippen LogP contribution in [0.15, 0.2) is 12.7 Å². The van der Waals surface area contributed by atoms with Crippen LogP contribution in [-0.2, 0) is 11.3 Å². The van der Waals surface area contributed by atoms with Gasteiger partial charge in [0.1, 0.15) is 18.4 Å². The molecule has 0 aromatic carbocycles. The molecule has 0 bridgehead atoms. The average Bonchev–Trinajstić information content (AvgIpc) is 2.50. The summed E-state index contributed by atoms with van der Waals surface area (Å²) in [7, 11) is 0. The zero-order chi connectivity index (χ0) is 9.90. The smallest absolute Gasteiger partial charge is 0.140 e. The van der Waals surface area contributed by atoms with E-state index in [9.17, 15) is 4.79 Å². The van der Waals surface area contributed by atoms with E-state index >= 15 is 0 Å². The Balaban J connectivity index is 2.40. The molecule has 1 rings (SSSR count). The lowest BCUT2D eigenvalue weighted by Gasteiger charge is -2.15. The van der Waals surface area contributed by atoms with Crippen LogP contribution < -0.4 is 0 Å². The van der Waals surface area contributed by atoms with Crippen LogP contribution in [0.4, 0.5) is 0 Å². The summed E-state index contributed by atoms with van der Waals surface area (Å²) in [6, 6.07) is 0. The maximum atomic E-state index is 11.5. The minimum absolute atomic E-state index is 0.249. The number of hydrogen-bond acceptors (Lipinski definition) is 3. The van der Waals surface area contributed by atoms with Crippen molar-refractivity contribution in [2.45, 2.75) is 33.7 Å². The van der Waals surface area contributed by atoms with Crippen LogP contribution in [0.25, 0.3) is 0 Å². The first-order valence-electron chi connectivity index (χ1n) is 4.36. The Kier molecular flexibility index (Phi) is 2.80. The lowest BCUT2D eigenvalue weighted by molar-refractivity contribution is -0.126. The van der Waals surface area contributed by atoms with E-state index in [0.29, 0.717) is 13.0 Å². The first kappa shape index (κ1) is 9.89. The number of carbonyl (C=O) groups is 1. The molecule has 72 valence electrons. The molecule has 1 aromatic rings. The highest BCUT2D eigenvalue weighted by molar-refractivity contribution is 5.83. The number of carbonyl (C=O) groups excluding carboxylic acids is 1. The second-order valence-corrected chi connectivity index (χ2v) is 4.08. The first-order chi connectivity index (χ1) is 6.00. The number of hydrogen-bond donors (Lipinski definition) is 0. The lowest BCUT2D eigenvalue weighted by Crippen LogP contribution is -2.21. The molecule has 4 nitrogen and oxygen atoms in total. The van der Waals surface area contributed by atoms with Crippen molar-refractivity contribution in [3.8, 4) is 0 Å². The lowest BCUT2D eigenvalue weighted by atomic mass is 9.89. The molecule has 0 spiro atoms. The third-order valence-corrected chi connectivity index (χ3v) is 1.87. The summed E-state index contributed by atoms with van der Waals surface area (Å²) in [6.07, 6.45) is 3.62. The monoisotopic (exact) mass is 181 g/mol. The molecule has 1 heterocycles. The van der Waals surface area contributed by atoms with Gasteiger partial charge in [-0.15, -0.1) is 0 Å². The van der Waals surface area contributed by atoms with Gasteiger partial charge < -0.3 is 0 Å². The van der Waals surface area contributed by atoms with Gasteiger partial charge in [-0.25, -0.2) is 4.98 Å². The first-order valence-corrected chi connectivity index (χ1v) is 4.36. The van der Waals surface area contributed by atoms with E-state index in [0.717, 1.165) is 0 Å². The van der Waals surface area contributed by atoms with E-state index in [4.69, 9.17) is 0 Å². The summed E-state index contributed by atoms with van der Waals surface area (Å²) in [6.45, 7) is 6.40. The van der Waals surface area contributed by atoms with Gasteiger partial charge in [0.2, 0.25) is 0 Å². The van der Waals surface area contributed by atoms with Crippen LogP contribution in [0.3, 0.4) is 0 Å². The minimum Gasteiger partial charge on any atom is -0.299 e. The Morgan fingerprint density at radius 1 is 1.46 bits per heavy atom. The standard InChI is InChI=1S/C9H15N3O/c1-9(2,3)8(13)4-5-12-7-10-6-11-12/h6-7H,4-5H2,1-3H3. The molecule has 0 saturated carbocycles. The maximum absolute atomic E-state index is 11.5. The minimum atomic E-state index is -0.249. The molecular weight excluding hydrogens is 166 g/mol. The van der Waals surface area contributed by atoms with Gasteiger partial charge in [0, 0.05) is 18.4 Å². The maximum Gasteiger partial charge on any atom is 0.140 e. The molecule has 0 aliphatic carbocycles. The molecular formula is C9H15N3O. The number of aromatic nitrogens is 3. The summed E-state index contributed by atoms with van der Waals surface area (Å²) in [5.41, 5.74) is -0.249. The number of ketones is 1. The zero-order valence-electron chi connectivity index (χ0n) is 8.32. The fraction of sp³-hybridized carbons (Fsp3) is 0.667. The van der Waals surface area contributed by atoms with Crippen LogP contribution in [-0.4, -0.2) is 20.5 Å². The molecule has 1 aromatic heterocycles. The van der Waals surface area contributed by atoms with Gasteiger partial charge in [-0.2, -0.15) is 5.10 Å². The molecule has 0 N–H and O–H groups in total. The van der Waals surface area contributed by atoms with E-state index in [1.807, 2.05) is 20.8 Å². The SMILES string of the molecule is CC(C)(C)C(=O)CCn1cncn1. The van der Waals surface area contributed by atoms with E-state index in [1.165, 1.54) is 6.33 Å². The molecule has 0 radical (unpaired) electrons. The number of nitrogens with zero attached hydrogens (tertiary/aromatic N) is 3. The molecule has 0 aliphatic rings. The molecule has 0 amide bonds. The second kappa shape index (κ2) is 3.68. The average molecular weight is 181 g/mol. The van der Waals surface area contributed by atoms with Crippen molar-refractivity contribution in [1.29, 1.82) is 0 Å². The van der Waals surface area contributed by atoms with Crippen molar-refractivity contribution >= 4 is 5.78 Å². The Bertz CT molecular complexity index is 272. The third-order valence-electron chi connectivity index (χ3n) is 1.87.